The fourth-order valence-corrected chi connectivity index (χ4v) is 3.87. The molecule has 1 aromatic rings. The maximum Gasteiger partial charge on any atom is 0.0612 e. The molecule has 4 heteroatoms. The molecule has 2 saturated heterocycles. The third kappa shape index (κ3) is 2.66. The van der Waals surface area contributed by atoms with E-state index in [1.807, 2.05) is 12.1 Å². The predicted molar refractivity (Wildman–Crippen MR) is 87.0 cm³/mol. The van der Waals surface area contributed by atoms with Gasteiger partial charge in [0.05, 0.1) is 10.0 Å². The number of anilines is 1. The van der Waals surface area contributed by atoms with Gasteiger partial charge in [0.25, 0.3) is 0 Å². The molecule has 2 fully saturated rings. The topological polar surface area (TPSA) is 6.48 Å². The van der Waals surface area contributed by atoms with Gasteiger partial charge in [-0.1, -0.05) is 37.0 Å². The molecule has 2 heterocycles. The minimum absolute atomic E-state index is 0.557. The average molecular weight is 313 g/mol. The lowest BCUT2D eigenvalue weighted by Gasteiger charge is -2.47. The Labute approximate surface area is 131 Å². The van der Waals surface area contributed by atoms with Gasteiger partial charge in [0.15, 0.2) is 0 Å². The van der Waals surface area contributed by atoms with Crippen molar-refractivity contribution in [3.8, 4) is 0 Å². The fraction of sp³-hybridized carbons (Fsp3) is 0.625. The van der Waals surface area contributed by atoms with E-state index >= 15 is 0 Å². The van der Waals surface area contributed by atoms with Crippen LogP contribution in [-0.2, 0) is 0 Å². The normalized spacial score (nSPS) is 27.1. The maximum absolute atomic E-state index is 6.20. The summed E-state index contributed by atoms with van der Waals surface area (Å²) in [6, 6.07) is 7.30. The Morgan fingerprint density at radius 3 is 2.65 bits per heavy atom. The van der Waals surface area contributed by atoms with Gasteiger partial charge >= 0.3 is 0 Å². The van der Waals surface area contributed by atoms with Crippen molar-refractivity contribution in [3.05, 3.63) is 28.2 Å². The van der Waals surface area contributed by atoms with Crippen LogP contribution < -0.4 is 4.90 Å². The first-order chi connectivity index (χ1) is 9.56. The highest BCUT2D eigenvalue weighted by Crippen LogP contribution is 2.34. The number of hydrogen-bond acceptors (Lipinski definition) is 2. The third-order valence-corrected chi connectivity index (χ3v) is 5.47. The molecule has 2 unspecified atom stereocenters. The van der Waals surface area contributed by atoms with Crippen LogP contribution in [0.2, 0.25) is 10.0 Å². The number of nitrogens with zero attached hydrogens (tertiary/aromatic N) is 2. The molecule has 110 valence electrons. The van der Waals surface area contributed by atoms with Crippen LogP contribution in [0.25, 0.3) is 0 Å². The lowest BCUT2D eigenvalue weighted by Crippen LogP contribution is -2.58. The average Bonchev–Trinajstić information content (AvgIpc) is 2.87. The van der Waals surface area contributed by atoms with Gasteiger partial charge in [0, 0.05) is 30.9 Å². The Hall–Kier alpha value is -0.440. The number of hydrogen-bond donors (Lipinski definition) is 0. The van der Waals surface area contributed by atoms with E-state index in [0.717, 1.165) is 6.54 Å². The van der Waals surface area contributed by atoms with Gasteiger partial charge in [-0.05, 0) is 43.5 Å². The molecule has 2 atom stereocenters. The number of halogens is 2. The molecule has 0 saturated carbocycles. The Balaban J connectivity index is 1.89. The van der Waals surface area contributed by atoms with Crippen LogP contribution in [0.1, 0.15) is 26.7 Å². The molecule has 2 aliphatic heterocycles. The summed E-state index contributed by atoms with van der Waals surface area (Å²) in [7, 11) is 0. The summed E-state index contributed by atoms with van der Waals surface area (Å²) in [6.07, 6.45) is 2.66. The zero-order valence-electron chi connectivity index (χ0n) is 12.1. The number of benzene rings is 1. The summed E-state index contributed by atoms with van der Waals surface area (Å²) >= 11 is 12.3. The summed E-state index contributed by atoms with van der Waals surface area (Å²) in [5.41, 5.74) is 1.21. The van der Waals surface area contributed by atoms with Crippen LogP contribution in [0, 0.1) is 5.92 Å². The van der Waals surface area contributed by atoms with Gasteiger partial charge in [0.2, 0.25) is 0 Å². The van der Waals surface area contributed by atoms with Crippen LogP contribution in [0.15, 0.2) is 18.2 Å². The Bertz CT molecular complexity index is 489. The minimum Gasteiger partial charge on any atom is -0.365 e. The molecular formula is C16H22Cl2N2. The Morgan fingerprint density at radius 1 is 1.15 bits per heavy atom. The van der Waals surface area contributed by atoms with Crippen LogP contribution in [0.3, 0.4) is 0 Å². The molecule has 1 aromatic carbocycles. The second kappa shape index (κ2) is 5.75. The van der Waals surface area contributed by atoms with Crippen molar-refractivity contribution in [1.82, 2.24) is 4.90 Å². The number of piperazine rings is 1. The Morgan fingerprint density at radius 2 is 1.95 bits per heavy atom. The van der Waals surface area contributed by atoms with Crippen molar-refractivity contribution in [1.29, 1.82) is 0 Å². The standard InChI is InChI=1S/C16H22Cl2N2/c1-11(2)16-10-19-7-3-4-13(19)9-20(16)12-5-6-14(17)15(18)8-12/h5-6,8,11,13,16H,3-4,7,9-10H2,1-2H3. The zero-order valence-corrected chi connectivity index (χ0v) is 13.7. The SMILES string of the molecule is CC(C)C1CN2CCCC2CN1c1ccc(Cl)c(Cl)c1. The highest BCUT2D eigenvalue weighted by Gasteiger charge is 2.37. The van der Waals surface area contributed by atoms with Gasteiger partial charge in [0.1, 0.15) is 0 Å². The van der Waals surface area contributed by atoms with Crippen molar-refractivity contribution in [2.45, 2.75) is 38.8 Å². The Kier molecular flexibility index (Phi) is 4.16. The summed E-state index contributed by atoms with van der Waals surface area (Å²) in [4.78, 5) is 5.21. The van der Waals surface area contributed by atoms with E-state index in [4.69, 9.17) is 23.2 Å². The van der Waals surface area contributed by atoms with E-state index in [9.17, 15) is 0 Å². The van der Waals surface area contributed by atoms with Gasteiger partial charge in [-0.15, -0.1) is 0 Å². The summed E-state index contributed by atoms with van der Waals surface area (Å²) < 4.78 is 0. The fourth-order valence-electron chi connectivity index (χ4n) is 3.57. The van der Waals surface area contributed by atoms with Crippen LogP contribution >= 0.6 is 23.2 Å². The molecule has 0 aromatic heterocycles. The molecule has 0 amide bonds. The van der Waals surface area contributed by atoms with Crippen molar-refractivity contribution >= 4 is 28.9 Å². The van der Waals surface area contributed by atoms with Gasteiger partial charge in [-0.25, -0.2) is 0 Å². The first kappa shape index (κ1) is 14.5. The first-order valence-electron chi connectivity index (χ1n) is 7.52. The van der Waals surface area contributed by atoms with Crippen molar-refractivity contribution in [2.75, 3.05) is 24.5 Å². The van der Waals surface area contributed by atoms with Crippen LogP contribution in [0.5, 0.6) is 0 Å². The molecule has 0 aliphatic carbocycles. The van der Waals surface area contributed by atoms with E-state index in [1.54, 1.807) is 0 Å². The molecule has 20 heavy (non-hydrogen) atoms. The van der Waals surface area contributed by atoms with E-state index in [-0.39, 0.29) is 0 Å². The number of rotatable bonds is 2. The lowest BCUT2D eigenvalue weighted by atomic mass is 9.96. The molecule has 2 aliphatic rings. The summed E-state index contributed by atoms with van der Waals surface area (Å²) in [5, 5.41) is 1.29. The molecule has 0 bridgehead atoms. The zero-order chi connectivity index (χ0) is 14.3. The smallest absolute Gasteiger partial charge is 0.0612 e. The number of fused-ring (bicyclic) bond motifs is 1. The van der Waals surface area contributed by atoms with Crippen molar-refractivity contribution < 1.29 is 0 Å². The van der Waals surface area contributed by atoms with E-state index in [0.29, 0.717) is 28.0 Å². The van der Waals surface area contributed by atoms with Crippen LogP contribution in [-0.4, -0.2) is 36.6 Å². The predicted octanol–water partition coefficient (Wildman–Crippen LogP) is 4.30. The maximum atomic E-state index is 6.20. The van der Waals surface area contributed by atoms with Gasteiger partial charge < -0.3 is 4.90 Å². The highest BCUT2D eigenvalue weighted by atomic mass is 35.5. The third-order valence-electron chi connectivity index (χ3n) is 4.73. The highest BCUT2D eigenvalue weighted by molar-refractivity contribution is 6.42. The van der Waals surface area contributed by atoms with Crippen molar-refractivity contribution in [3.63, 3.8) is 0 Å². The monoisotopic (exact) mass is 312 g/mol. The second-order valence-corrected chi connectivity index (χ2v) is 7.17. The largest absolute Gasteiger partial charge is 0.365 e. The summed E-state index contributed by atoms with van der Waals surface area (Å²) in [6.45, 7) is 8.17. The molecule has 2 nitrogen and oxygen atoms in total. The molecule has 0 radical (unpaired) electrons. The lowest BCUT2D eigenvalue weighted by molar-refractivity contribution is 0.176. The van der Waals surface area contributed by atoms with Crippen molar-refractivity contribution in [2.24, 2.45) is 5.92 Å². The summed E-state index contributed by atoms with van der Waals surface area (Å²) in [5.74, 6) is 0.631. The first-order valence-corrected chi connectivity index (χ1v) is 8.27. The molecule has 3 rings (SSSR count). The molecular weight excluding hydrogens is 291 g/mol. The molecule has 0 N–H and O–H groups in total. The van der Waals surface area contributed by atoms with E-state index in [2.05, 4.69) is 29.7 Å². The van der Waals surface area contributed by atoms with Gasteiger partial charge in [-0.3, -0.25) is 4.90 Å². The minimum atomic E-state index is 0.557. The second-order valence-electron chi connectivity index (χ2n) is 6.35. The molecule has 0 spiro atoms. The quantitative estimate of drug-likeness (QED) is 0.803. The van der Waals surface area contributed by atoms with E-state index in [1.165, 1.54) is 31.6 Å². The van der Waals surface area contributed by atoms with E-state index < -0.39 is 0 Å². The van der Waals surface area contributed by atoms with Crippen LogP contribution in [0.4, 0.5) is 5.69 Å². The van der Waals surface area contributed by atoms with Gasteiger partial charge in [-0.2, -0.15) is 0 Å².